The van der Waals surface area contributed by atoms with Gasteiger partial charge in [0.15, 0.2) is 9.84 Å². The molecule has 1 unspecified atom stereocenters. The van der Waals surface area contributed by atoms with Crippen molar-refractivity contribution in [2.24, 2.45) is 0 Å². The summed E-state index contributed by atoms with van der Waals surface area (Å²) in [6, 6.07) is 4.32. The van der Waals surface area contributed by atoms with Crippen molar-refractivity contribution in [1.29, 1.82) is 0 Å². The van der Waals surface area contributed by atoms with E-state index in [0.29, 0.717) is 15.8 Å². The molecule has 15 heavy (non-hydrogen) atoms. The van der Waals surface area contributed by atoms with Gasteiger partial charge in [-0.1, -0.05) is 11.6 Å². The van der Waals surface area contributed by atoms with E-state index in [0.717, 1.165) is 0 Å². The van der Waals surface area contributed by atoms with Gasteiger partial charge in [-0.25, -0.2) is 8.42 Å². The summed E-state index contributed by atoms with van der Waals surface area (Å²) in [4.78, 5) is 10.6. The third-order valence-corrected chi connectivity index (χ3v) is 5.09. The highest BCUT2D eigenvalue weighted by atomic mass is 79.9. The van der Waals surface area contributed by atoms with Crippen molar-refractivity contribution in [1.82, 2.24) is 0 Å². The third-order valence-electron chi connectivity index (χ3n) is 1.88. The highest BCUT2D eigenvalue weighted by Crippen LogP contribution is 2.27. The van der Waals surface area contributed by atoms with Crippen LogP contribution in [0, 0.1) is 0 Å². The van der Waals surface area contributed by atoms with Crippen molar-refractivity contribution < 1.29 is 13.2 Å². The molecule has 1 atom stereocenters. The molecule has 1 aromatic carbocycles. The smallest absolute Gasteiger partial charge is 0.188 e. The van der Waals surface area contributed by atoms with Gasteiger partial charge in [0.25, 0.3) is 0 Å². The predicted molar refractivity (Wildman–Crippen MR) is 61.9 cm³/mol. The fourth-order valence-corrected chi connectivity index (χ4v) is 3.47. The first-order valence-electron chi connectivity index (χ1n) is 4.04. The molecule has 1 rings (SSSR count). The Morgan fingerprint density at radius 2 is 2.07 bits per heavy atom. The Morgan fingerprint density at radius 3 is 2.53 bits per heavy atom. The van der Waals surface area contributed by atoms with Crippen LogP contribution in [0.4, 0.5) is 0 Å². The number of hydrogen-bond acceptors (Lipinski definition) is 3. The van der Waals surface area contributed by atoms with Crippen molar-refractivity contribution in [2.45, 2.75) is 17.1 Å². The van der Waals surface area contributed by atoms with Crippen LogP contribution in [-0.2, 0) is 14.6 Å². The fraction of sp³-hybridized carbons (Fsp3) is 0.222. The van der Waals surface area contributed by atoms with E-state index in [1.54, 1.807) is 0 Å². The summed E-state index contributed by atoms with van der Waals surface area (Å²) >= 11 is 8.79. The summed E-state index contributed by atoms with van der Waals surface area (Å²) in [6.45, 7) is 1.34. The molecule has 0 aromatic heterocycles. The van der Waals surface area contributed by atoms with E-state index in [-0.39, 0.29) is 4.90 Å². The summed E-state index contributed by atoms with van der Waals surface area (Å²) in [5, 5.41) is -0.630. The second kappa shape index (κ2) is 4.63. The molecule has 0 aliphatic rings. The summed E-state index contributed by atoms with van der Waals surface area (Å²) < 4.78 is 23.9. The molecule has 6 heteroatoms. The van der Waals surface area contributed by atoms with Gasteiger partial charge < -0.3 is 4.79 Å². The lowest BCUT2D eigenvalue weighted by molar-refractivity contribution is -0.107. The summed E-state index contributed by atoms with van der Waals surface area (Å²) in [5.74, 6) is 0. The lowest BCUT2D eigenvalue weighted by Gasteiger charge is -2.08. The lowest BCUT2D eigenvalue weighted by atomic mass is 10.4. The minimum Gasteiger partial charge on any atom is -0.302 e. The van der Waals surface area contributed by atoms with E-state index in [4.69, 9.17) is 11.6 Å². The van der Waals surface area contributed by atoms with Gasteiger partial charge in [0.05, 0.1) is 4.90 Å². The monoisotopic (exact) mass is 310 g/mol. The molecule has 0 radical (unpaired) electrons. The summed E-state index contributed by atoms with van der Waals surface area (Å²) in [6.07, 6.45) is 0.399. The molecular formula is C9H8BrClO3S. The maximum absolute atomic E-state index is 11.8. The Morgan fingerprint density at radius 1 is 1.47 bits per heavy atom. The first-order valence-corrected chi connectivity index (χ1v) is 6.75. The molecule has 3 nitrogen and oxygen atoms in total. The van der Waals surface area contributed by atoms with Crippen LogP contribution >= 0.6 is 27.5 Å². The Kier molecular flexibility index (Phi) is 3.92. The molecule has 0 aliphatic carbocycles. The van der Waals surface area contributed by atoms with Crippen LogP contribution in [0.25, 0.3) is 0 Å². The lowest BCUT2D eigenvalue weighted by Crippen LogP contribution is -2.19. The van der Waals surface area contributed by atoms with Gasteiger partial charge in [0.2, 0.25) is 0 Å². The van der Waals surface area contributed by atoms with Crippen molar-refractivity contribution in [3.63, 3.8) is 0 Å². The van der Waals surface area contributed by atoms with Crippen LogP contribution in [0.5, 0.6) is 0 Å². The molecule has 0 aliphatic heterocycles. The molecule has 0 amide bonds. The van der Waals surface area contributed by atoms with E-state index in [2.05, 4.69) is 15.9 Å². The van der Waals surface area contributed by atoms with Crippen LogP contribution < -0.4 is 0 Å². The standard InChI is InChI=1S/C9H8BrClO3S/c1-6(5-12)15(13,14)9-3-2-7(11)4-8(9)10/h2-6H,1H3. The van der Waals surface area contributed by atoms with E-state index < -0.39 is 15.1 Å². The Hall–Kier alpha value is -0.390. The Balaban J connectivity index is 3.34. The van der Waals surface area contributed by atoms with Crippen LogP contribution in [0.15, 0.2) is 27.6 Å². The van der Waals surface area contributed by atoms with Gasteiger partial charge in [0.1, 0.15) is 11.5 Å². The van der Waals surface area contributed by atoms with Gasteiger partial charge >= 0.3 is 0 Å². The maximum Gasteiger partial charge on any atom is 0.188 e. The summed E-state index contributed by atoms with van der Waals surface area (Å²) in [7, 11) is -3.61. The molecule has 0 heterocycles. The predicted octanol–water partition coefficient (Wildman–Crippen LogP) is 2.46. The van der Waals surface area contributed by atoms with Gasteiger partial charge in [-0.15, -0.1) is 0 Å². The molecule has 0 N–H and O–H groups in total. The highest BCUT2D eigenvalue weighted by Gasteiger charge is 2.24. The quantitative estimate of drug-likeness (QED) is 0.806. The van der Waals surface area contributed by atoms with Crippen molar-refractivity contribution in [3.05, 3.63) is 27.7 Å². The second-order valence-electron chi connectivity index (χ2n) is 2.96. The normalized spacial score (nSPS) is 13.5. The zero-order valence-electron chi connectivity index (χ0n) is 7.78. The minimum absolute atomic E-state index is 0.0755. The van der Waals surface area contributed by atoms with Crippen molar-refractivity contribution in [2.75, 3.05) is 0 Å². The molecule has 0 spiro atoms. The van der Waals surface area contributed by atoms with E-state index in [9.17, 15) is 13.2 Å². The third kappa shape index (κ3) is 2.59. The van der Waals surface area contributed by atoms with Crippen LogP contribution in [0.1, 0.15) is 6.92 Å². The van der Waals surface area contributed by atoms with Crippen molar-refractivity contribution in [3.8, 4) is 0 Å². The average molecular weight is 312 g/mol. The van der Waals surface area contributed by atoms with Gasteiger partial charge in [-0.05, 0) is 41.1 Å². The van der Waals surface area contributed by atoms with Crippen LogP contribution in [-0.4, -0.2) is 20.0 Å². The zero-order chi connectivity index (χ0) is 11.6. The van der Waals surface area contributed by atoms with Crippen LogP contribution in [0.2, 0.25) is 5.02 Å². The van der Waals surface area contributed by atoms with Gasteiger partial charge in [-0.3, -0.25) is 0 Å². The molecular weight excluding hydrogens is 304 g/mol. The Bertz CT molecular complexity index is 484. The fourth-order valence-electron chi connectivity index (χ4n) is 0.979. The number of benzene rings is 1. The zero-order valence-corrected chi connectivity index (χ0v) is 10.9. The van der Waals surface area contributed by atoms with E-state index in [1.165, 1.54) is 25.1 Å². The molecule has 0 bridgehead atoms. The number of halogens is 2. The number of aldehydes is 1. The largest absolute Gasteiger partial charge is 0.302 e. The molecule has 82 valence electrons. The number of rotatable bonds is 3. The second-order valence-corrected chi connectivity index (χ2v) is 6.53. The first kappa shape index (κ1) is 12.7. The van der Waals surface area contributed by atoms with E-state index in [1.807, 2.05) is 0 Å². The number of carbonyl (C=O) groups is 1. The topological polar surface area (TPSA) is 51.2 Å². The van der Waals surface area contributed by atoms with Gasteiger partial charge in [0, 0.05) is 9.50 Å². The maximum atomic E-state index is 11.8. The van der Waals surface area contributed by atoms with Crippen LogP contribution in [0.3, 0.4) is 0 Å². The Labute approximate surface area is 101 Å². The van der Waals surface area contributed by atoms with Gasteiger partial charge in [-0.2, -0.15) is 0 Å². The highest BCUT2D eigenvalue weighted by molar-refractivity contribution is 9.10. The molecule has 1 aromatic rings. The average Bonchev–Trinajstić information content (AvgIpc) is 2.15. The molecule has 0 fully saturated rings. The molecule has 0 saturated carbocycles. The number of sulfone groups is 1. The minimum atomic E-state index is -3.61. The number of hydrogen-bond donors (Lipinski definition) is 0. The first-order chi connectivity index (χ1) is 6.89. The number of carbonyl (C=O) groups excluding carboxylic acids is 1. The van der Waals surface area contributed by atoms with E-state index >= 15 is 0 Å². The summed E-state index contributed by atoms with van der Waals surface area (Å²) in [5.41, 5.74) is 0. The SMILES string of the molecule is CC(C=O)S(=O)(=O)c1ccc(Cl)cc1Br. The van der Waals surface area contributed by atoms with Crippen molar-refractivity contribution >= 4 is 43.7 Å². The molecule has 0 saturated heterocycles.